The molecule has 0 aliphatic carbocycles. The van der Waals surface area contributed by atoms with Crippen molar-refractivity contribution in [2.45, 2.75) is 19.9 Å². The molecule has 1 heterocycles. The molecule has 116 valence electrons. The molecule has 0 radical (unpaired) electrons. The Labute approximate surface area is 126 Å². The van der Waals surface area contributed by atoms with E-state index in [1.807, 2.05) is 12.1 Å². The standard InChI is InChI=1S/C16H25N3O2/c1-14-3-5-15(6-4-14)13-18-16(20)17-7-2-8-19-9-11-21-12-10-19/h3-6H,2,7-13H2,1H3,(H2,17,18,20). The van der Waals surface area contributed by atoms with Gasteiger partial charge >= 0.3 is 6.03 Å². The van der Waals surface area contributed by atoms with Crippen LogP contribution in [0, 0.1) is 6.92 Å². The molecule has 0 atom stereocenters. The second-order valence-electron chi connectivity index (χ2n) is 5.40. The average molecular weight is 291 g/mol. The molecule has 1 aromatic rings. The zero-order chi connectivity index (χ0) is 14.9. The minimum Gasteiger partial charge on any atom is -0.379 e. The van der Waals surface area contributed by atoms with Crippen LogP contribution < -0.4 is 10.6 Å². The van der Waals surface area contributed by atoms with Crippen molar-refractivity contribution >= 4 is 6.03 Å². The molecule has 2 N–H and O–H groups in total. The summed E-state index contributed by atoms with van der Waals surface area (Å²) in [7, 11) is 0. The Hall–Kier alpha value is -1.59. The van der Waals surface area contributed by atoms with Crippen molar-refractivity contribution in [3.05, 3.63) is 35.4 Å². The normalized spacial score (nSPS) is 15.7. The number of nitrogens with one attached hydrogen (secondary N) is 2. The van der Waals surface area contributed by atoms with Gasteiger partial charge in [0.1, 0.15) is 0 Å². The maximum Gasteiger partial charge on any atom is 0.315 e. The lowest BCUT2D eigenvalue weighted by Crippen LogP contribution is -2.39. The van der Waals surface area contributed by atoms with E-state index in [4.69, 9.17) is 4.74 Å². The first-order valence-corrected chi connectivity index (χ1v) is 7.61. The molecule has 0 aromatic heterocycles. The predicted molar refractivity (Wildman–Crippen MR) is 83.3 cm³/mol. The number of urea groups is 1. The molecular weight excluding hydrogens is 266 g/mol. The van der Waals surface area contributed by atoms with Crippen molar-refractivity contribution in [2.75, 3.05) is 39.4 Å². The van der Waals surface area contributed by atoms with Crippen LogP contribution in [0.4, 0.5) is 4.79 Å². The number of hydrogen-bond acceptors (Lipinski definition) is 3. The summed E-state index contributed by atoms with van der Waals surface area (Å²) in [5.41, 5.74) is 2.34. The smallest absolute Gasteiger partial charge is 0.315 e. The van der Waals surface area contributed by atoms with E-state index in [2.05, 4.69) is 34.6 Å². The van der Waals surface area contributed by atoms with Crippen LogP contribution in [0.5, 0.6) is 0 Å². The second-order valence-corrected chi connectivity index (χ2v) is 5.40. The van der Waals surface area contributed by atoms with E-state index in [0.717, 1.165) is 44.8 Å². The Morgan fingerprint density at radius 2 is 1.90 bits per heavy atom. The Kier molecular flexibility index (Phi) is 6.50. The highest BCUT2D eigenvalue weighted by molar-refractivity contribution is 5.73. The fourth-order valence-corrected chi connectivity index (χ4v) is 2.28. The number of carbonyl (C=O) groups excluding carboxylic acids is 1. The summed E-state index contributed by atoms with van der Waals surface area (Å²) in [6.45, 7) is 7.99. The first-order chi connectivity index (χ1) is 10.2. The lowest BCUT2D eigenvalue weighted by molar-refractivity contribution is 0.0375. The van der Waals surface area contributed by atoms with Gasteiger partial charge in [-0.05, 0) is 25.5 Å². The lowest BCUT2D eigenvalue weighted by atomic mass is 10.1. The highest BCUT2D eigenvalue weighted by Crippen LogP contribution is 2.02. The van der Waals surface area contributed by atoms with Gasteiger partial charge in [0.05, 0.1) is 13.2 Å². The molecule has 0 saturated carbocycles. The molecule has 5 nitrogen and oxygen atoms in total. The van der Waals surface area contributed by atoms with Crippen LogP contribution in [0.1, 0.15) is 17.5 Å². The SMILES string of the molecule is Cc1ccc(CNC(=O)NCCCN2CCOCC2)cc1. The number of aryl methyl sites for hydroxylation is 1. The molecule has 2 amide bonds. The summed E-state index contributed by atoms with van der Waals surface area (Å²) in [4.78, 5) is 14.0. The number of rotatable bonds is 6. The van der Waals surface area contributed by atoms with Crippen molar-refractivity contribution in [2.24, 2.45) is 0 Å². The molecular formula is C16H25N3O2. The number of hydrogen-bond donors (Lipinski definition) is 2. The van der Waals surface area contributed by atoms with Crippen LogP contribution in [0.3, 0.4) is 0 Å². The quantitative estimate of drug-likeness (QED) is 0.781. The molecule has 2 rings (SSSR count). The fraction of sp³-hybridized carbons (Fsp3) is 0.562. The minimum absolute atomic E-state index is 0.0995. The van der Waals surface area contributed by atoms with E-state index in [0.29, 0.717) is 13.1 Å². The molecule has 1 aliphatic rings. The molecule has 1 aromatic carbocycles. The highest BCUT2D eigenvalue weighted by atomic mass is 16.5. The topological polar surface area (TPSA) is 53.6 Å². The van der Waals surface area contributed by atoms with Gasteiger partial charge in [-0.1, -0.05) is 29.8 Å². The van der Waals surface area contributed by atoms with E-state index in [-0.39, 0.29) is 6.03 Å². The first kappa shape index (κ1) is 15.8. The monoisotopic (exact) mass is 291 g/mol. The molecule has 0 spiro atoms. The third-order valence-corrected chi connectivity index (χ3v) is 3.61. The van der Waals surface area contributed by atoms with Crippen molar-refractivity contribution in [3.8, 4) is 0 Å². The van der Waals surface area contributed by atoms with E-state index in [9.17, 15) is 4.79 Å². The minimum atomic E-state index is -0.0995. The maximum atomic E-state index is 11.7. The van der Waals surface area contributed by atoms with Gasteiger partial charge < -0.3 is 15.4 Å². The molecule has 1 fully saturated rings. The zero-order valence-electron chi connectivity index (χ0n) is 12.7. The average Bonchev–Trinajstić information content (AvgIpc) is 2.52. The van der Waals surface area contributed by atoms with Gasteiger partial charge in [-0.3, -0.25) is 4.90 Å². The maximum absolute atomic E-state index is 11.7. The predicted octanol–water partition coefficient (Wildman–Crippen LogP) is 1.52. The van der Waals surface area contributed by atoms with Crippen molar-refractivity contribution < 1.29 is 9.53 Å². The fourth-order valence-electron chi connectivity index (χ4n) is 2.28. The first-order valence-electron chi connectivity index (χ1n) is 7.61. The Balaban J connectivity index is 1.54. The van der Waals surface area contributed by atoms with Crippen LogP contribution in [0.2, 0.25) is 0 Å². The lowest BCUT2D eigenvalue weighted by Gasteiger charge is -2.26. The van der Waals surface area contributed by atoms with Gasteiger partial charge in [0.25, 0.3) is 0 Å². The third-order valence-electron chi connectivity index (χ3n) is 3.61. The Morgan fingerprint density at radius 3 is 2.62 bits per heavy atom. The Morgan fingerprint density at radius 1 is 1.19 bits per heavy atom. The summed E-state index contributed by atoms with van der Waals surface area (Å²) < 4.78 is 5.30. The number of ether oxygens (including phenoxy) is 1. The van der Waals surface area contributed by atoms with Crippen LogP contribution in [-0.4, -0.2) is 50.3 Å². The Bertz CT molecular complexity index is 428. The third kappa shape index (κ3) is 6.14. The largest absolute Gasteiger partial charge is 0.379 e. The van der Waals surface area contributed by atoms with E-state index >= 15 is 0 Å². The van der Waals surface area contributed by atoms with Crippen LogP contribution in [0.15, 0.2) is 24.3 Å². The summed E-state index contributed by atoms with van der Waals surface area (Å²) >= 11 is 0. The van der Waals surface area contributed by atoms with E-state index < -0.39 is 0 Å². The van der Waals surface area contributed by atoms with Gasteiger partial charge in [0, 0.05) is 26.2 Å². The number of carbonyl (C=O) groups is 1. The molecule has 0 unspecified atom stereocenters. The molecule has 21 heavy (non-hydrogen) atoms. The highest BCUT2D eigenvalue weighted by Gasteiger charge is 2.09. The molecule has 5 heteroatoms. The van der Waals surface area contributed by atoms with Gasteiger partial charge in [0.15, 0.2) is 0 Å². The molecule has 0 bridgehead atoms. The van der Waals surface area contributed by atoms with Crippen LogP contribution >= 0.6 is 0 Å². The molecule has 1 aliphatic heterocycles. The number of amides is 2. The summed E-state index contributed by atoms with van der Waals surface area (Å²) in [5, 5.41) is 5.77. The second kappa shape index (κ2) is 8.64. The van der Waals surface area contributed by atoms with E-state index in [1.165, 1.54) is 5.56 Å². The number of morpholine rings is 1. The summed E-state index contributed by atoms with van der Waals surface area (Å²) in [6, 6.07) is 8.08. The van der Waals surface area contributed by atoms with Crippen LogP contribution in [-0.2, 0) is 11.3 Å². The van der Waals surface area contributed by atoms with Gasteiger partial charge in [-0.2, -0.15) is 0 Å². The van der Waals surface area contributed by atoms with Crippen LogP contribution in [0.25, 0.3) is 0 Å². The van der Waals surface area contributed by atoms with E-state index in [1.54, 1.807) is 0 Å². The van der Waals surface area contributed by atoms with Crippen molar-refractivity contribution in [1.29, 1.82) is 0 Å². The van der Waals surface area contributed by atoms with Gasteiger partial charge in [-0.25, -0.2) is 4.79 Å². The van der Waals surface area contributed by atoms with Gasteiger partial charge in [-0.15, -0.1) is 0 Å². The zero-order valence-corrected chi connectivity index (χ0v) is 12.7. The molecule has 1 saturated heterocycles. The van der Waals surface area contributed by atoms with Crippen molar-refractivity contribution in [3.63, 3.8) is 0 Å². The number of nitrogens with zero attached hydrogens (tertiary/aromatic N) is 1. The van der Waals surface area contributed by atoms with Gasteiger partial charge in [0.2, 0.25) is 0 Å². The number of benzene rings is 1. The summed E-state index contributed by atoms with van der Waals surface area (Å²) in [5.74, 6) is 0. The summed E-state index contributed by atoms with van der Waals surface area (Å²) in [6.07, 6.45) is 0.970. The van der Waals surface area contributed by atoms with Crippen molar-refractivity contribution in [1.82, 2.24) is 15.5 Å².